The highest BCUT2D eigenvalue weighted by molar-refractivity contribution is 9.10. The lowest BCUT2D eigenvalue weighted by Gasteiger charge is -2.13. The van der Waals surface area contributed by atoms with Crippen molar-refractivity contribution in [2.75, 3.05) is 7.11 Å². The van der Waals surface area contributed by atoms with Crippen LogP contribution in [0.1, 0.15) is 5.76 Å². The van der Waals surface area contributed by atoms with Gasteiger partial charge in [-0.3, -0.25) is 9.36 Å². The molecule has 0 saturated carbocycles. The van der Waals surface area contributed by atoms with Gasteiger partial charge in [-0.2, -0.15) is 0 Å². The lowest BCUT2D eigenvalue weighted by atomic mass is 10.1. The van der Waals surface area contributed by atoms with E-state index < -0.39 is 0 Å². The molecule has 10 heteroatoms. The summed E-state index contributed by atoms with van der Waals surface area (Å²) in [6, 6.07) is 8.72. The Kier molecular flexibility index (Phi) is 4.96. The zero-order valence-corrected chi connectivity index (χ0v) is 19.1. The Labute approximate surface area is 192 Å². The Morgan fingerprint density at radius 2 is 2.16 bits per heavy atom. The summed E-state index contributed by atoms with van der Waals surface area (Å²) in [4.78, 5) is 22.9. The Hall–Kier alpha value is -2.88. The molecule has 0 amide bonds. The van der Waals surface area contributed by atoms with Crippen LogP contribution in [0, 0.1) is 0 Å². The molecule has 0 saturated heterocycles. The molecule has 0 unspecified atom stereocenters. The molecular formula is C21H13BrClN3O4S. The second kappa shape index (κ2) is 7.67. The number of methoxy groups -OCH3 is 1. The Bertz CT molecular complexity index is 1510. The van der Waals surface area contributed by atoms with Gasteiger partial charge in [-0.1, -0.05) is 17.7 Å². The molecule has 7 nitrogen and oxygen atoms in total. The highest BCUT2D eigenvalue weighted by Gasteiger charge is 2.21. The number of rotatable bonds is 4. The number of oxazole rings is 1. The number of ether oxygens (including phenoxy) is 1. The maximum Gasteiger partial charge on any atom is 0.263 e. The van der Waals surface area contributed by atoms with E-state index in [0.29, 0.717) is 43.2 Å². The predicted molar refractivity (Wildman–Crippen MR) is 123 cm³/mol. The number of phenols is 1. The fourth-order valence-electron chi connectivity index (χ4n) is 3.42. The summed E-state index contributed by atoms with van der Waals surface area (Å²) in [7, 11) is 1.58. The summed E-state index contributed by atoms with van der Waals surface area (Å²) in [6.07, 6.45) is 2.87. The first-order valence-electron chi connectivity index (χ1n) is 9.03. The molecule has 3 aromatic heterocycles. The van der Waals surface area contributed by atoms with E-state index in [1.807, 2.05) is 6.07 Å². The van der Waals surface area contributed by atoms with E-state index in [1.165, 1.54) is 22.3 Å². The molecule has 0 aliphatic carbocycles. The van der Waals surface area contributed by atoms with Gasteiger partial charge in [0, 0.05) is 15.4 Å². The molecule has 2 aromatic carbocycles. The quantitative estimate of drug-likeness (QED) is 0.340. The molecular weight excluding hydrogens is 506 g/mol. The molecule has 156 valence electrons. The third-order valence-electron chi connectivity index (χ3n) is 4.90. The monoisotopic (exact) mass is 517 g/mol. The van der Waals surface area contributed by atoms with Crippen molar-refractivity contribution in [1.29, 1.82) is 0 Å². The minimum Gasteiger partial charge on any atom is -0.505 e. The van der Waals surface area contributed by atoms with Crippen molar-refractivity contribution in [2.24, 2.45) is 0 Å². The minimum absolute atomic E-state index is 0.0597. The van der Waals surface area contributed by atoms with Crippen LogP contribution in [0.5, 0.6) is 11.5 Å². The standard InChI is InChI=1S/C21H13BrClN3O4S/c1-29-10-2-3-12(14(22)6-10)19-25-20-16(13-4-5-15(23)17(27)18(13)31-20)21(28)26(19)8-11-7-24-9-30-11/h2-7,9,27H,8H2,1H3. The van der Waals surface area contributed by atoms with E-state index in [2.05, 4.69) is 20.9 Å². The molecule has 1 N–H and O–H groups in total. The smallest absolute Gasteiger partial charge is 0.263 e. The SMILES string of the molecule is COc1ccc(-c2nc3sc4c(O)c(Cl)ccc4c3c(=O)n2Cc2cnco2)c(Br)c1. The van der Waals surface area contributed by atoms with Gasteiger partial charge >= 0.3 is 0 Å². The van der Waals surface area contributed by atoms with Gasteiger partial charge in [0.05, 0.1) is 35.0 Å². The second-order valence-corrected chi connectivity index (χ2v) is 8.96. The first-order valence-corrected chi connectivity index (χ1v) is 11.0. The van der Waals surface area contributed by atoms with E-state index in [1.54, 1.807) is 37.6 Å². The average Bonchev–Trinajstić information content (AvgIpc) is 3.40. The van der Waals surface area contributed by atoms with Crippen LogP contribution in [0.25, 0.3) is 31.7 Å². The van der Waals surface area contributed by atoms with Gasteiger partial charge in [0.1, 0.15) is 22.2 Å². The third-order valence-corrected chi connectivity index (χ3v) is 6.97. The van der Waals surface area contributed by atoms with E-state index >= 15 is 0 Å². The van der Waals surface area contributed by atoms with Gasteiger partial charge in [0.15, 0.2) is 12.1 Å². The maximum atomic E-state index is 13.7. The molecule has 0 spiro atoms. The molecule has 0 fully saturated rings. The van der Waals surface area contributed by atoms with Crippen LogP contribution in [0.4, 0.5) is 0 Å². The van der Waals surface area contributed by atoms with Crippen LogP contribution in [-0.2, 0) is 6.54 Å². The van der Waals surface area contributed by atoms with Crippen molar-refractivity contribution < 1.29 is 14.3 Å². The first kappa shape index (κ1) is 20.0. The van der Waals surface area contributed by atoms with Crippen LogP contribution < -0.4 is 10.3 Å². The summed E-state index contributed by atoms with van der Waals surface area (Å²) >= 11 is 10.9. The van der Waals surface area contributed by atoms with Gasteiger partial charge in [0.25, 0.3) is 5.56 Å². The highest BCUT2D eigenvalue weighted by Crippen LogP contribution is 2.41. The van der Waals surface area contributed by atoms with Crippen molar-refractivity contribution in [3.8, 4) is 22.9 Å². The first-order chi connectivity index (χ1) is 15.0. The number of fused-ring (bicyclic) bond motifs is 3. The summed E-state index contributed by atoms with van der Waals surface area (Å²) in [5.41, 5.74) is 0.450. The summed E-state index contributed by atoms with van der Waals surface area (Å²) in [5.74, 6) is 1.57. The van der Waals surface area contributed by atoms with Crippen LogP contribution in [0.3, 0.4) is 0 Å². The molecule has 0 atom stereocenters. The number of nitrogens with zero attached hydrogens (tertiary/aromatic N) is 3. The number of hydrogen-bond donors (Lipinski definition) is 1. The predicted octanol–water partition coefficient (Wildman–Crippen LogP) is 5.44. The molecule has 3 heterocycles. The molecule has 5 aromatic rings. The molecule has 0 aliphatic heterocycles. The van der Waals surface area contributed by atoms with Crippen molar-refractivity contribution >= 4 is 59.2 Å². The minimum atomic E-state index is -0.257. The largest absolute Gasteiger partial charge is 0.505 e. The molecule has 0 radical (unpaired) electrons. The second-order valence-electron chi connectivity index (χ2n) is 6.70. The summed E-state index contributed by atoms with van der Waals surface area (Å²) < 4.78 is 13.4. The maximum absolute atomic E-state index is 13.7. The zero-order chi connectivity index (χ0) is 21.7. The number of thiophene rings is 1. The Balaban J connectivity index is 1.86. The number of halogens is 2. The Morgan fingerprint density at radius 1 is 1.32 bits per heavy atom. The fraction of sp³-hybridized carbons (Fsp3) is 0.0952. The van der Waals surface area contributed by atoms with Gasteiger partial charge in [-0.05, 0) is 40.2 Å². The number of hydrogen-bond acceptors (Lipinski definition) is 7. The lowest BCUT2D eigenvalue weighted by Crippen LogP contribution is -2.23. The topological polar surface area (TPSA) is 90.4 Å². The van der Waals surface area contributed by atoms with E-state index in [4.69, 9.17) is 25.7 Å². The number of aromatic hydroxyl groups is 1. The molecule has 31 heavy (non-hydrogen) atoms. The van der Waals surface area contributed by atoms with Crippen molar-refractivity contribution in [3.05, 3.63) is 68.5 Å². The average molecular weight is 519 g/mol. The number of benzene rings is 2. The van der Waals surface area contributed by atoms with Crippen LogP contribution in [0.2, 0.25) is 5.02 Å². The van der Waals surface area contributed by atoms with Gasteiger partial charge in [-0.15, -0.1) is 11.3 Å². The molecule has 0 aliphatic rings. The van der Waals surface area contributed by atoms with Crippen LogP contribution in [-0.4, -0.2) is 26.8 Å². The number of aromatic nitrogens is 3. The lowest BCUT2D eigenvalue weighted by molar-refractivity contribution is 0.414. The Morgan fingerprint density at radius 3 is 2.87 bits per heavy atom. The van der Waals surface area contributed by atoms with Crippen LogP contribution >= 0.6 is 38.9 Å². The van der Waals surface area contributed by atoms with E-state index in [9.17, 15) is 9.90 Å². The summed E-state index contributed by atoms with van der Waals surface area (Å²) in [6.45, 7) is 0.145. The molecule has 5 rings (SSSR count). The van der Waals surface area contributed by atoms with Gasteiger partial charge in [0.2, 0.25) is 0 Å². The highest BCUT2D eigenvalue weighted by atomic mass is 79.9. The van der Waals surface area contributed by atoms with E-state index in [0.717, 1.165) is 4.47 Å². The zero-order valence-electron chi connectivity index (χ0n) is 15.9. The normalized spacial score (nSPS) is 11.5. The molecule has 0 bridgehead atoms. The fourth-order valence-corrected chi connectivity index (χ4v) is 5.28. The third kappa shape index (κ3) is 3.29. The summed E-state index contributed by atoms with van der Waals surface area (Å²) in [5, 5.41) is 11.7. The van der Waals surface area contributed by atoms with Crippen LogP contribution in [0.15, 0.2) is 56.6 Å². The van der Waals surface area contributed by atoms with Crippen molar-refractivity contribution in [2.45, 2.75) is 6.54 Å². The number of phenolic OH excluding ortho intramolecular Hbond substituents is 1. The van der Waals surface area contributed by atoms with Gasteiger partial charge < -0.3 is 14.3 Å². The van der Waals surface area contributed by atoms with E-state index in [-0.39, 0.29) is 22.9 Å². The van der Waals surface area contributed by atoms with Crippen molar-refractivity contribution in [1.82, 2.24) is 14.5 Å². The van der Waals surface area contributed by atoms with Crippen molar-refractivity contribution in [3.63, 3.8) is 0 Å². The van der Waals surface area contributed by atoms with Gasteiger partial charge in [-0.25, -0.2) is 9.97 Å².